The zero-order valence-electron chi connectivity index (χ0n) is 11.6. The lowest BCUT2D eigenvalue weighted by atomic mass is 10.2. The lowest BCUT2D eigenvalue weighted by Gasteiger charge is -2.10. The number of methoxy groups -OCH3 is 1. The van der Waals surface area contributed by atoms with Crippen LogP contribution in [0.5, 0.6) is 5.75 Å². The number of anilines is 2. The highest BCUT2D eigenvalue weighted by molar-refractivity contribution is 6.04. The zero-order valence-corrected chi connectivity index (χ0v) is 11.6. The Morgan fingerprint density at radius 3 is 2.86 bits per heavy atom. The van der Waals surface area contributed by atoms with Gasteiger partial charge in [-0.2, -0.15) is 0 Å². The molecular formula is C15H16FN3O2. The highest BCUT2D eigenvalue weighted by atomic mass is 19.1. The summed E-state index contributed by atoms with van der Waals surface area (Å²) in [6, 6.07) is 6.19. The highest BCUT2D eigenvalue weighted by Crippen LogP contribution is 2.37. The Hall–Kier alpha value is -2.50. The second kappa shape index (κ2) is 5.12. The number of carbonyl (C=O) groups excluding carboxylic acids is 1. The number of nitrogens with two attached hydrogens (primary N) is 1. The number of ether oxygens (including phenoxy) is 1. The second-order valence-corrected chi connectivity index (χ2v) is 5.10. The molecule has 0 aliphatic heterocycles. The van der Waals surface area contributed by atoms with Crippen LogP contribution in [0, 0.1) is 5.82 Å². The van der Waals surface area contributed by atoms with Gasteiger partial charge in [-0.3, -0.25) is 4.79 Å². The molecule has 1 heterocycles. The maximum Gasteiger partial charge on any atom is 0.272 e. The number of carbonyl (C=O) groups is 1. The van der Waals surface area contributed by atoms with Crippen molar-refractivity contribution in [1.29, 1.82) is 0 Å². The first kappa shape index (κ1) is 13.5. The standard InChI is InChI=1S/C15H16FN3O2/c1-21-14-7-10(2-5-12(14)16)18-15(20)13-6-9(17)8-19(13)11-3-4-11/h2,5-8,11H,3-4,17H2,1H3,(H,18,20). The molecule has 0 radical (unpaired) electrons. The Labute approximate surface area is 121 Å². The van der Waals surface area contributed by atoms with Crippen LogP contribution < -0.4 is 15.8 Å². The van der Waals surface area contributed by atoms with E-state index in [0.29, 0.717) is 23.1 Å². The molecule has 0 saturated heterocycles. The first-order valence-electron chi connectivity index (χ1n) is 6.70. The average Bonchev–Trinajstić information content (AvgIpc) is 3.23. The normalized spacial score (nSPS) is 14.0. The van der Waals surface area contributed by atoms with Gasteiger partial charge in [0.05, 0.1) is 12.8 Å². The molecule has 1 saturated carbocycles. The molecule has 3 N–H and O–H groups in total. The number of amides is 1. The van der Waals surface area contributed by atoms with Crippen LogP contribution in [-0.4, -0.2) is 17.6 Å². The number of nitrogens with one attached hydrogen (secondary N) is 1. The Morgan fingerprint density at radius 2 is 2.19 bits per heavy atom. The maximum atomic E-state index is 13.4. The van der Waals surface area contributed by atoms with Crippen molar-refractivity contribution in [3.05, 3.63) is 42.0 Å². The van der Waals surface area contributed by atoms with E-state index in [1.54, 1.807) is 12.3 Å². The van der Waals surface area contributed by atoms with E-state index in [1.165, 1.54) is 25.3 Å². The zero-order chi connectivity index (χ0) is 15.0. The number of halogens is 1. The first-order valence-corrected chi connectivity index (χ1v) is 6.70. The number of nitrogens with zero attached hydrogens (tertiary/aromatic N) is 1. The fourth-order valence-electron chi connectivity index (χ4n) is 2.27. The number of aromatic nitrogens is 1. The van der Waals surface area contributed by atoms with Crippen LogP contribution in [0.1, 0.15) is 29.4 Å². The van der Waals surface area contributed by atoms with Crippen molar-refractivity contribution < 1.29 is 13.9 Å². The SMILES string of the molecule is COc1cc(NC(=O)c2cc(N)cn2C2CC2)ccc1F. The lowest BCUT2D eigenvalue weighted by molar-refractivity contribution is 0.101. The van der Waals surface area contributed by atoms with Gasteiger partial charge in [0.15, 0.2) is 11.6 Å². The summed E-state index contributed by atoms with van der Waals surface area (Å²) in [6.45, 7) is 0. The molecule has 6 heteroatoms. The molecule has 21 heavy (non-hydrogen) atoms. The van der Waals surface area contributed by atoms with E-state index in [9.17, 15) is 9.18 Å². The van der Waals surface area contributed by atoms with E-state index < -0.39 is 5.82 Å². The lowest BCUT2D eigenvalue weighted by Crippen LogP contribution is -2.16. The van der Waals surface area contributed by atoms with Crippen molar-refractivity contribution in [1.82, 2.24) is 4.57 Å². The van der Waals surface area contributed by atoms with Gasteiger partial charge in [-0.1, -0.05) is 0 Å². The first-order chi connectivity index (χ1) is 10.1. The molecule has 1 aliphatic carbocycles. The van der Waals surface area contributed by atoms with Crippen LogP contribution in [0.15, 0.2) is 30.5 Å². The van der Waals surface area contributed by atoms with E-state index in [2.05, 4.69) is 5.32 Å². The molecule has 1 aromatic carbocycles. The predicted molar refractivity (Wildman–Crippen MR) is 78.0 cm³/mol. The predicted octanol–water partition coefficient (Wildman–Crippen LogP) is 2.81. The van der Waals surface area contributed by atoms with Gasteiger partial charge < -0.3 is 20.4 Å². The summed E-state index contributed by atoms with van der Waals surface area (Å²) < 4.78 is 20.1. The minimum atomic E-state index is -0.471. The van der Waals surface area contributed by atoms with Crippen LogP contribution in [0.4, 0.5) is 15.8 Å². The minimum Gasteiger partial charge on any atom is -0.494 e. The van der Waals surface area contributed by atoms with Crippen molar-refractivity contribution in [2.45, 2.75) is 18.9 Å². The Balaban J connectivity index is 1.83. The molecular weight excluding hydrogens is 273 g/mol. The number of nitrogen functional groups attached to an aromatic ring is 1. The van der Waals surface area contributed by atoms with Crippen molar-refractivity contribution in [3.8, 4) is 5.75 Å². The fraction of sp³-hybridized carbons (Fsp3) is 0.267. The van der Waals surface area contributed by atoms with Crippen molar-refractivity contribution in [2.75, 3.05) is 18.2 Å². The van der Waals surface area contributed by atoms with E-state index in [-0.39, 0.29) is 11.7 Å². The van der Waals surface area contributed by atoms with E-state index in [4.69, 9.17) is 10.5 Å². The summed E-state index contributed by atoms with van der Waals surface area (Å²) in [7, 11) is 1.38. The fourth-order valence-corrected chi connectivity index (χ4v) is 2.27. The number of rotatable bonds is 4. The monoisotopic (exact) mass is 289 g/mol. The minimum absolute atomic E-state index is 0.0879. The largest absolute Gasteiger partial charge is 0.494 e. The van der Waals surface area contributed by atoms with Crippen LogP contribution >= 0.6 is 0 Å². The molecule has 110 valence electrons. The smallest absolute Gasteiger partial charge is 0.272 e. The molecule has 3 rings (SSSR count). The molecule has 0 spiro atoms. The number of benzene rings is 1. The van der Waals surface area contributed by atoms with Crippen molar-refractivity contribution in [2.24, 2.45) is 0 Å². The van der Waals surface area contributed by atoms with Gasteiger partial charge in [-0.15, -0.1) is 0 Å². The van der Waals surface area contributed by atoms with E-state index in [1.807, 2.05) is 4.57 Å². The third kappa shape index (κ3) is 2.69. The quantitative estimate of drug-likeness (QED) is 0.909. The molecule has 1 aromatic heterocycles. The molecule has 1 amide bonds. The Bertz CT molecular complexity index is 692. The van der Waals surface area contributed by atoms with Crippen molar-refractivity contribution >= 4 is 17.3 Å². The third-order valence-corrected chi connectivity index (χ3v) is 3.45. The summed E-state index contributed by atoms with van der Waals surface area (Å²) >= 11 is 0. The molecule has 0 atom stereocenters. The van der Waals surface area contributed by atoms with Crippen LogP contribution in [0.25, 0.3) is 0 Å². The second-order valence-electron chi connectivity index (χ2n) is 5.10. The highest BCUT2D eigenvalue weighted by Gasteiger charge is 2.27. The molecule has 1 fully saturated rings. The number of hydrogen-bond donors (Lipinski definition) is 2. The van der Waals surface area contributed by atoms with Gasteiger partial charge in [0, 0.05) is 24.0 Å². The summed E-state index contributed by atoms with van der Waals surface area (Å²) in [4.78, 5) is 12.3. The summed E-state index contributed by atoms with van der Waals surface area (Å²) in [6.07, 6.45) is 3.88. The van der Waals surface area contributed by atoms with Crippen LogP contribution in [-0.2, 0) is 0 Å². The number of hydrogen-bond acceptors (Lipinski definition) is 3. The van der Waals surface area contributed by atoms with Gasteiger partial charge >= 0.3 is 0 Å². The topological polar surface area (TPSA) is 69.3 Å². The molecule has 2 aromatic rings. The van der Waals surface area contributed by atoms with E-state index in [0.717, 1.165) is 12.8 Å². The van der Waals surface area contributed by atoms with Crippen LogP contribution in [0.3, 0.4) is 0 Å². The van der Waals surface area contributed by atoms with Gasteiger partial charge in [-0.25, -0.2) is 4.39 Å². The molecule has 1 aliphatic rings. The maximum absolute atomic E-state index is 13.4. The summed E-state index contributed by atoms with van der Waals surface area (Å²) in [5.74, 6) is -0.654. The molecule has 5 nitrogen and oxygen atoms in total. The van der Waals surface area contributed by atoms with Crippen LogP contribution in [0.2, 0.25) is 0 Å². The van der Waals surface area contributed by atoms with Gasteiger partial charge in [0.1, 0.15) is 5.69 Å². The van der Waals surface area contributed by atoms with Gasteiger partial charge in [-0.05, 0) is 31.0 Å². The van der Waals surface area contributed by atoms with Gasteiger partial charge in [0.2, 0.25) is 0 Å². The average molecular weight is 289 g/mol. The molecule has 0 bridgehead atoms. The molecule has 0 unspecified atom stereocenters. The van der Waals surface area contributed by atoms with Crippen molar-refractivity contribution in [3.63, 3.8) is 0 Å². The Morgan fingerprint density at radius 1 is 1.43 bits per heavy atom. The Kier molecular flexibility index (Phi) is 3.29. The summed E-state index contributed by atoms with van der Waals surface area (Å²) in [5.41, 5.74) is 7.32. The third-order valence-electron chi connectivity index (χ3n) is 3.45. The van der Waals surface area contributed by atoms with Gasteiger partial charge in [0.25, 0.3) is 5.91 Å². The summed E-state index contributed by atoms with van der Waals surface area (Å²) in [5, 5.41) is 2.73. The van der Waals surface area contributed by atoms with E-state index >= 15 is 0 Å².